The van der Waals surface area contributed by atoms with Crippen LogP contribution in [0.5, 0.6) is 0 Å². The monoisotopic (exact) mass is 142 g/mol. The van der Waals surface area contributed by atoms with E-state index >= 15 is 0 Å². The molecule has 1 heteroatoms. The molecule has 0 spiro atoms. The predicted octanol–water partition coefficient (Wildman–Crippen LogP) is 1.14. The molecular weight excluding hydrogens is 124 g/mol. The zero-order valence-corrected chi connectivity index (χ0v) is 5.83. The summed E-state index contributed by atoms with van der Waals surface area (Å²) in [5, 5.41) is 0. The van der Waals surface area contributed by atoms with Crippen molar-refractivity contribution in [2.45, 2.75) is 39.5 Å². The smallest absolute Gasteiger partial charge is 0.00860 e. The van der Waals surface area contributed by atoms with Gasteiger partial charge in [0, 0.05) is 12.8 Å². The van der Waals surface area contributed by atoms with Crippen molar-refractivity contribution in [1.82, 2.24) is 0 Å². The predicted molar refractivity (Wildman–Crippen MR) is 48.9 cm³/mol. The summed E-state index contributed by atoms with van der Waals surface area (Å²) in [7, 11) is 0. The third-order valence-electron chi connectivity index (χ3n) is 0.875. The average molecular weight is 142 g/mol. The van der Waals surface area contributed by atoms with Crippen LogP contribution in [0.2, 0.25) is 0 Å². The molecule has 0 aromatic carbocycles. The molecule has 0 aliphatic heterocycles. The summed E-state index contributed by atoms with van der Waals surface area (Å²) in [4.78, 5) is 0. The molecule has 0 N–H and O–H groups in total. The van der Waals surface area contributed by atoms with Crippen molar-refractivity contribution in [2.24, 2.45) is 0 Å². The van der Waals surface area contributed by atoms with Gasteiger partial charge in [-0.2, -0.15) is 0 Å². The molecule has 0 saturated carbocycles. The standard InChI is InChI=1S/C8H14.H4Si/c1-3-5-7-8-6-4-2;/h3-6H2,1-2H3;1H4. The molecule has 0 nitrogen and oxygen atoms in total. The minimum atomic E-state index is 0. The molecule has 9 heavy (non-hydrogen) atoms. The SMILES string of the molecule is CCCC#CCCC.[SiH4]. The molecule has 0 rings (SSSR count). The molecule has 54 valence electrons. The Morgan fingerprint density at radius 1 is 0.889 bits per heavy atom. The molecule has 0 saturated heterocycles. The third kappa shape index (κ3) is 11.4. The summed E-state index contributed by atoms with van der Waals surface area (Å²) >= 11 is 0. The summed E-state index contributed by atoms with van der Waals surface area (Å²) in [6.45, 7) is 4.31. The van der Waals surface area contributed by atoms with Crippen LogP contribution >= 0.6 is 0 Å². The Morgan fingerprint density at radius 2 is 1.22 bits per heavy atom. The van der Waals surface area contributed by atoms with Crippen molar-refractivity contribution in [1.29, 1.82) is 0 Å². The lowest BCUT2D eigenvalue weighted by molar-refractivity contribution is 0.961. The van der Waals surface area contributed by atoms with E-state index in [2.05, 4.69) is 25.7 Å². The molecule has 0 fully saturated rings. The lowest BCUT2D eigenvalue weighted by Gasteiger charge is -1.78. The largest absolute Gasteiger partial charge is 0.103 e. The van der Waals surface area contributed by atoms with Gasteiger partial charge in [0.2, 0.25) is 0 Å². The van der Waals surface area contributed by atoms with E-state index in [0.717, 1.165) is 12.8 Å². The quantitative estimate of drug-likeness (QED) is 0.401. The summed E-state index contributed by atoms with van der Waals surface area (Å²) in [6.07, 6.45) is 4.52. The van der Waals surface area contributed by atoms with Crippen LogP contribution in [0.1, 0.15) is 39.5 Å². The van der Waals surface area contributed by atoms with Gasteiger partial charge >= 0.3 is 0 Å². The molecule has 0 atom stereocenters. The highest BCUT2D eigenvalue weighted by molar-refractivity contribution is 5.75. The Bertz CT molecular complexity index is 76.5. The van der Waals surface area contributed by atoms with Crippen molar-refractivity contribution in [3.05, 3.63) is 0 Å². The number of hydrogen-bond acceptors (Lipinski definition) is 0. The second-order valence-electron chi connectivity index (χ2n) is 1.85. The lowest BCUT2D eigenvalue weighted by atomic mass is 10.3. The van der Waals surface area contributed by atoms with Gasteiger partial charge in [0.25, 0.3) is 0 Å². The van der Waals surface area contributed by atoms with Crippen LogP contribution in [0.15, 0.2) is 0 Å². The first kappa shape index (κ1) is 11.6. The molecule has 0 radical (unpaired) electrons. The van der Waals surface area contributed by atoms with Crippen molar-refractivity contribution in [3.63, 3.8) is 0 Å². The Labute approximate surface area is 63.1 Å². The van der Waals surface area contributed by atoms with Crippen LogP contribution in [0, 0.1) is 11.8 Å². The van der Waals surface area contributed by atoms with E-state index < -0.39 is 0 Å². The van der Waals surface area contributed by atoms with Gasteiger partial charge in [0.1, 0.15) is 0 Å². The molecule has 0 aliphatic rings. The van der Waals surface area contributed by atoms with Crippen LogP contribution in [-0.2, 0) is 0 Å². The van der Waals surface area contributed by atoms with Gasteiger partial charge in [0.15, 0.2) is 0 Å². The Hall–Kier alpha value is -0.223. The molecule has 0 unspecified atom stereocenters. The second kappa shape index (κ2) is 10.7. The van der Waals surface area contributed by atoms with E-state index in [1.54, 1.807) is 0 Å². The van der Waals surface area contributed by atoms with Gasteiger partial charge in [0.05, 0.1) is 0 Å². The Kier molecular flexibility index (Phi) is 13.7. The van der Waals surface area contributed by atoms with E-state index in [1.807, 2.05) is 0 Å². The second-order valence-corrected chi connectivity index (χ2v) is 1.85. The third-order valence-corrected chi connectivity index (χ3v) is 0.875. The molecule has 0 amide bonds. The lowest BCUT2D eigenvalue weighted by Crippen LogP contribution is -1.63. The maximum Gasteiger partial charge on any atom is 0.00860 e. The summed E-state index contributed by atoms with van der Waals surface area (Å²) < 4.78 is 0. The first-order valence-corrected chi connectivity index (χ1v) is 3.37. The van der Waals surface area contributed by atoms with Crippen LogP contribution < -0.4 is 0 Å². The van der Waals surface area contributed by atoms with Gasteiger partial charge in [-0.1, -0.05) is 13.8 Å². The number of hydrogen-bond donors (Lipinski definition) is 0. The highest BCUT2D eigenvalue weighted by Gasteiger charge is 1.69. The fourth-order valence-corrected chi connectivity index (χ4v) is 0.427. The summed E-state index contributed by atoms with van der Waals surface area (Å²) in [5.41, 5.74) is 0. The molecule has 0 aromatic rings. The molecule has 0 heterocycles. The Morgan fingerprint density at radius 3 is 1.44 bits per heavy atom. The van der Waals surface area contributed by atoms with Gasteiger partial charge < -0.3 is 0 Å². The van der Waals surface area contributed by atoms with E-state index in [4.69, 9.17) is 0 Å². The van der Waals surface area contributed by atoms with E-state index in [9.17, 15) is 0 Å². The van der Waals surface area contributed by atoms with E-state index in [0.29, 0.717) is 0 Å². The molecule has 0 bridgehead atoms. The maximum absolute atomic E-state index is 3.09. The van der Waals surface area contributed by atoms with Crippen molar-refractivity contribution in [3.8, 4) is 11.8 Å². The number of rotatable bonds is 2. The van der Waals surface area contributed by atoms with Crippen LogP contribution in [0.25, 0.3) is 0 Å². The molecule has 0 aliphatic carbocycles. The van der Waals surface area contributed by atoms with Gasteiger partial charge in [-0.25, -0.2) is 0 Å². The minimum absolute atomic E-state index is 0. The van der Waals surface area contributed by atoms with Crippen molar-refractivity contribution < 1.29 is 0 Å². The first-order chi connectivity index (χ1) is 3.91. The highest BCUT2D eigenvalue weighted by atomic mass is 28.1. The Balaban J connectivity index is 0. The van der Waals surface area contributed by atoms with Crippen LogP contribution in [-0.4, -0.2) is 11.0 Å². The first-order valence-electron chi connectivity index (χ1n) is 3.37. The van der Waals surface area contributed by atoms with Gasteiger partial charge in [-0.3, -0.25) is 0 Å². The van der Waals surface area contributed by atoms with Crippen molar-refractivity contribution >= 4 is 11.0 Å². The van der Waals surface area contributed by atoms with Gasteiger partial charge in [-0.05, 0) is 23.8 Å². The zero-order chi connectivity index (χ0) is 6.24. The van der Waals surface area contributed by atoms with Gasteiger partial charge in [-0.15, -0.1) is 11.8 Å². The maximum atomic E-state index is 3.09. The topological polar surface area (TPSA) is 0 Å². The fourth-order valence-electron chi connectivity index (χ4n) is 0.427. The van der Waals surface area contributed by atoms with Crippen molar-refractivity contribution in [2.75, 3.05) is 0 Å². The highest BCUT2D eigenvalue weighted by Crippen LogP contribution is 1.85. The summed E-state index contributed by atoms with van der Waals surface area (Å²) in [5.74, 6) is 6.17. The van der Waals surface area contributed by atoms with Crippen LogP contribution in [0.4, 0.5) is 0 Å². The summed E-state index contributed by atoms with van der Waals surface area (Å²) in [6, 6.07) is 0. The number of unbranched alkanes of at least 4 members (excludes halogenated alkanes) is 2. The fraction of sp³-hybridized carbons (Fsp3) is 0.750. The molecular formula is C8H18Si. The minimum Gasteiger partial charge on any atom is -0.103 e. The van der Waals surface area contributed by atoms with E-state index in [1.165, 1.54) is 12.8 Å². The van der Waals surface area contributed by atoms with E-state index in [-0.39, 0.29) is 11.0 Å². The molecule has 0 aromatic heterocycles. The average Bonchev–Trinajstić information content (AvgIpc) is 1.81. The van der Waals surface area contributed by atoms with Crippen LogP contribution in [0.3, 0.4) is 0 Å². The zero-order valence-electron chi connectivity index (χ0n) is 5.83. The normalized spacial score (nSPS) is 6.89.